The number of carbonyl (C=O) groups is 2. The molecular weight excluding hydrogens is 294 g/mol. The fourth-order valence-corrected chi connectivity index (χ4v) is 3.25. The molecule has 128 valence electrons. The monoisotopic (exact) mass is 321 g/mol. The number of nitrogens with zero attached hydrogens (tertiary/aromatic N) is 2. The first-order valence-corrected chi connectivity index (χ1v) is 8.51. The number of ether oxygens (including phenoxy) is 1. The van der Waals surface area contributed by atoms with Crippen LogP contribution in [-0.4, -0.2) is 41.1 Å². The van der Waals surface area contributed by atoms with Gasteiger partial charge < -0.3 is 15.0 Å². The maximum atomic E-state index is 12.8. The van der Waals surface area contributed by atoms with Crippen molar-refractivity contribution in [2.24, 2.45) is 5.92 Å². The summed E-state index contributed by atoms with van der Waals surface area (Å²) in [5.74, 6) is -0.00993. The fourth-order valence-electron chi connectivity index (χ4n) is 3.25. The number of carbonyl (C=O) groups excluding carboxylic acids is 2. The van der Waals surface area contributed by atoms with Crippen molar-refractivity contribution in [2.45, 2.75) is 77.0 Å². The lowest BCUT2D eigenvalue weighted by Gasteiger charge is -2.41. The largest absolute Gasteiger partial charge is 0.444 e. The van der Waals surface area contributed by atoms with E-state index in [0.29, 0.717) is 13.0 Å². The molecular formula is C17H27N3O3. The summed E-state index contributed by atoms with van der Waals surface area (Å²) < 4.78 is 5.31. The average Bonchev–Trinajstić information content (AvgIpc) is 2.43. The summed E-state index contributed by atoms with van der Waals surface area (Å²) in [5, 5.41) is 11.9. The molecule has 1 aliphatic heterocycles. The van der Waals surface area contributed by atoms with Gasteiger partial charge in [0.2, 0.25) is 5.91 Å². The number of hydrogen-bond acceptors (Lipinski definition) is 4. The molecule has 0 spiro atoms. The Balaban J connectivity index is 2.07. The maximum absolute atomic E-state index is 12.8. The molecule has 2 amide bonds. The van der Waals surface area contributed by atoms with E-state index < -0.39 is 17.7 Å². The third kappa shape index (κ3) is 4.60. The van der Waals surface area contributed by atoms with E-state index in [4.69, 9.17) is 10.00 Å². The zero-order valence-electron chi connectivity index (χ0n) is 14.3. The van der Waals surface area contributed by atoms with Gasteiger partial charge in [0, 0.05) is 6.54 Å². The molecule has 1 heterocycles. The van der Waals surface area contributed by atoms with Gasteiger partial charge in [0.1, 0.15) is 17.7 Å². The van der Waals surface area contributed by atoms with E-state index >= 15 is 0 Å². The van der Waals surface area contributed by atoms with Gasteiger partial charge in [-0.15, -0.1) is 0 Å². The summed E-state index contributed by atoms with van der Waals surface area (Å²) in [6, 6.07) is 1.21. The van der Waals surface area contributed by atoms with Gasteiger partial charge in [-0.2, -0.15) is 5.26 Å². The first-order valence-electron chi connectivity index (χ1n) is 8.51. The lowest BCUT2D eigenvalue weighted by molar-refractivity contribution is -0.141. The third-order valence-corrected chi connectivity index (χ3v) is 4.51. The molecule has 0 unspecified atom stereocenters. The van der Waals surface area contributed by atoms with Crippen LogP contribution in [0.5, 0.6) is 0 Å². The van der Waals surface area contributed by atoms with Crippen molar-refractivity contribution in [1.82, 2.24) is 10.2 Å². The molecule has 2 atom stereocenters. The Morgan fingerprint density at radius 3 is 2.35 bits per heavy atom. The molecule has 0 bridgehead atoms. The minimum atomic E-state index is -0.601. The Morgan fingerprint density at radius 1 is 1.22 bits per heavy atom. The molecule has 23 heavy (non-hydrogen) atoms. The highest BCUT2D eigenvalue weighted by atomic mass is 16.6. The first kappa shape index (κ1) is 17.6. The summed E-state index contributed by atoms with van der Waals surface area (Å²) in [7, 11) is 0. The second-order valence-corrected chi connectivity index (χ2v) is 7.49. The van der Waals surface area contributed by atoms with Crippen LogP contribution in [0, 0.1) is 17.2 Å². The van der Waals surface area contributed by atoms with E-state index in [2.05, 4.69) is 11.4 Å². The highest BCUT2D eigenvalue weighted by Gasteiger charge is 2.40. The molecule has 1 N–H and O–H groups in total. The normalized spacial score (nSPS) is 23.4. The molecule has 1 saturated heterocycles. The second-order valence-electron chi connectivity index (χ2n) is 7.49. The van der Waals surface area contributed by atoms with Crippen LogP contribution in [0.15, 0.2) is 0 Å². The Hall–Kier alpha value is -1.77. The lowest BCUT2D eigenvalue weighted by atomic mass is 9.82. The smallest absolute Gasteiger partial charge is 0.408 e. The summed E-state index contributed by atoms with van der Waals surface area (Å²) in [5.41, 5.74) is -0.601. The quantitative estimate of drug-likeness (QED) is 0.866. The van der Waals surface area contributed by atoms with Gasteiger partial charge in [0.05, 0.1) is 6.07 Å². The van der Waals surface area contributed by atoms with Gasteiger partial charge in [-0.05, 0) is 46.0 Å². The van der Waals surface area contributed by atoms with E-state index in [9.17, 15) is 9.59 Å². The van der Waals surface area contributed by atoms with Crippen molar-refractivity contribution in [1.29, 1.82) is 5.26 Å². The highest BCUT2D eigenvalue weighted by Crippen LogP contribution is 2.29. The van der Waals surface area contributed by atoms with Crippen LogP contribution in [0.1, 0.15) is 59.3 Å². The number of alkyl carbamates (subject to hydrolysis) is 1. The van der Waals surface area contributed by atoms with E-state index in [1.807, 2.05) is 0 Å². The Morgan fingerprint density at radius 2 is 1.87 bits per heavy atom. The van der Waals surface area contributed by atoms with Crippen LogP contribution in [0.3, 0.4) is 0 Å². The molecule has 2 fully saturated rings. The van der Waals surface area contributed by atoms with Gasteiger partial charge in [0.15, 0.2) is 0 Å². The van der Waals surface area contributed by atoms with Gasteiger partial charge in [-0.25, -0.2) is 4.79 Å². The van der Waals surface area contributed by atoms with Crippen LogP contribution in [-0.2, 0) is 9.53 Å². The third-order valence-electron chi connectivity index (χ3n) is 4.51. The predicted octanol–water partition coefficient (Wildman–Crippen LogP) is 2.58. The van der Waals surface area contributed by atoms with Gasteiger partial charge in [0.25, 0.3) is 0 Å². The average molecular weight is 321 g/mol. The molecule has 6 heteroatoms. The van der Waals surface area contributed by atoms with E-state index in [-0.39, 0.29) is 17.9 Å². The van der Waals surface area contributed by atoms with Crippen molar-refractivity contribution in [2.75, 3.05) is 6.54 Å². The summed E-state index contributed by atoms with van der Waals surface area (Å²) in [4.78, 5) is 26.5. The molecule has 1 saturated carbocycles. The van der Waals surface area contributed by atoms with Crippen LogP contribution >= 0.6 is 0 Å². The number of nitrogens with one attached hydrogen (secondary N) is 1. The SMILES string of the molecule is CC(C)(C)OC(=O)N[C@H](C(=O)N1CC[C@H]1C#N)C1CCCCC1. The molecule has 6 nitrogen and oxygen atoms in total. The Kier molecular flexibility index (Phi) is 5.51. The minimum Gasteiger partial charge on any atom is -0.444 e. The van der Waals surface area contributed by atoms with E-state index in [1.165, 1.54) is 6.42 Å². The molecule has 2 aliphatic rings. The van der Waals surface area contributed by atoms with Crippen LogP contribution < -0.4 is 5.32 Å². The standard InChI is InChI=1S/C17H27N3O3/c1-17(2,3)23-16(22)19-14(12-7-5-4-6-8-12)15(21)20-10-9-13(20)11-18/h12-14H,4-10H2,1-3H3,(H,19,22)/t13-,14-/m0/s1. The first-order chi connectivity index (χ1) is 10.8. The van der Waals surface area contributed by atoms with Gasteiger partial charge >= 0.3 is 6.09 Å². The minimum absolute atomic E-state index is 0.128. The Labute approximate surface area is 138 Å². The van der Waals surface area contributed by atoms with Gasteiger partial charge in [-0.3, -0.25) is 4.79 Å². The molecule has 0 aromatic rings. The zero-order valence-corrected chi connectivity index (χ0v) is 14.3. The molecule has 0 radical (unpaired) electrons. The van der Waals surface area contributed by atoms with E-state index in [1.54, 1.807) is 25.7 Å². The number of rotatable bonds is 3. The summed E-state index contributed by atoms with van der Waals surface area (Å²) >= 11 is 0. The van der Waals surface area contributed by atoms with Crippen molar-refractivity contribution in [3.63, 3.8) is 0 Å². The van der Waals surface area contributed by atoms with Crippen LogP contribution in [0.2, 0.25) is 0 Å². The summed E-state index contributed by atoms with van der Waals surface area (Å²) in [6.45, 7) is 5.98. The summed E-state index contributed by atoms with van der Waals surface area (Å²) in [6.07, 6.45) is 5.34. The Bertz CT molecular complexity index is 486. The topological polar surface area (TPSA) is 82.4 Å². The van der Waals surface area contributed by atoms with Crippen molar-refractivity contribution in [3.05, 3.63) is 0 Å². The highest BCUT2D eigenvalue weighted by molar-refractivity contribution is 5.87. The maximum Gasteiger partial charge on any atom is 0.408 e. The lowest BCUT2D eigenvalue weighted by Crippen LogP contribution is -2.60. The van der Waals surface area contributed by atoms with Gasteiger partial charge in [-0.1, -0.05) is 19.3 Å². The van der Waals surface area contributed by atoms with Crippen molar-refractivity contribution < 1.29 is 14.3 Å². The van der Waals surface area contributed by atoms with Crippen molar-refractivity contribution in [3.8, 4) is 6.07 Å². The molecule has 0 aromatic carbocycles. The molecule has 2 rings (SSSR count). The van der Waals surface area contributed by atoms with Crippen LogP contribution in [0.25, 0.3) is 0 Å². The molecule has 0 aromatic heterocycles. The zero-order chi connectivity index (χ0) is 17.0. The van der Waals surface area contributed by atoms with Crippen LogP contribution in [0.4, 0.5) is 4.79 Å². The number of nitriles is 1. The molecule has 1 aliphatic carbocycles. The fraction of sp³-hybridized carbons (Fsp3) is 0.824. The van der Waals surface area contributed by atoms with E-state index in [0.717, 1.165) is 25.7 Å². The predicted molar refractivity (Wildman–Crippen MR) is 85.5 cm³/mol. The van der Waals surface area contributed by atoms with Crippen molar-refractivity contribution >= 4 is 12.0 Å². The number of amides is 2. The number of hydrogen-bond donors (Lipinski definition) is 1. The second kappa shape index (κ2) is 7.20. The number of likely N-dealkylation sites (tertiary alicyclic amines) is 1.